The largest absolute Gasteiger partial charge is 0.404 e. The molecule has 0 unspecified atom stereocenters. The van der Waals surface area contributed by atoms with Gasteiger partial charge in [-0.25, -0.2) is 17.4 Å². The second-order valence-corrected chi connectivity index (χ2v) is 9.43. The lowest BCUT2D eigenvalue weighted by Gasteiger charge is -2.21. The van der Waals surface area contributed by atoms with E-state index >= 15 is 0 Å². The van der Waals surface area contributed by atoms with Crippen LogP contribution in [-0.4, -0.2) is 36.4 Å². The standard InChI is InChI=1S/C23H24N4O3S/c1-25-13-18(12-24)22-15-27(31(29,30)20-5-3-2-4-6-20)23-21(22)11-17(14-26-23)16-7-9-19(28)10-8-16/h2-6,11-16H,7-10,24H2,1H3/b18-12+,25-13?. The minimum Gasteiger partial charge on any atom is -0.404 e. The highest BCUT2D eigenvalue weighted by molar-refractivity contribution is 7.90. The highest BCUT2D eigenvalue weighted by Crippen LogP contribution is 2.35. The van der Waals surface area contributed by atoms with Crippen LogP contribution in [0.4, 0.5) is 0 Å². The van der Waals surface area contributed by atoms with Crippen LogP contribution in [0.1, 0.15) is 42.7 Å². The summed E-state index contributed by atoms with van der Waals surface area (Å²) in [6.07, 6.45) is 8.97. The number of hydrogen-bond acceptors (Lipinski definition) is 6. The molecule has 4 rings (SSSR count). The molecule has 0 amide bonds. The van der Waals surface area contributed by atoms with E-state index in [0.29, 0.717) is 40.8 Å². The molecule has 1 aromatic carbocycles. The van der Waals surface area contributed by atoms with Gasteiger partial charge < -0.3 is 5.73 Å². The number of ketones is 1. The molecule has 0 radical (unpaired) electrons. The number of benzene rings is 1. The average Bonchev–Trinajstić information content (AvgIpc) is 3.18. The van der Waals surface area contributed by atoms with Gasteiger partial charge in [0.15, 0.2) is 5.65 Å². The minimum atomic E-state index is -3.85. The van der Waals surface area contributed by atoms with Crippen molar-refractivity contribution in [2.45, 2.75) is 36.5 Å². The summed E-state index contributed by atoms with van der Waals surface area (Å²) in [5.74, 6) is 0.514. The smallest absolute Gasteiger partial charge is 0.269 e. The van der Waals surface area contributed by atoms with Crippen LogP contribution < -0.4 is 5.73 Å². The third-order valence-corrected chi connectivity index (χ3v) is 7.37. The van der Waals surface area contributed by atoms with E-state index in [1.807, 2.05) is 6.07 Å². The van der Waals surface area contributed by atoms with Crippen molar-refractivity contribution in [3.05, 3.63) is 66.1 Å². The SMILES string of the molecule is CN=C/C(=C\N)c1cn(S(=O)(=O)c2ccccc2)c2ncc(C3CCC(=O)CC3)cc12. The second kappa shape index (κ2) is 8.47. The molecule has 2 heterocycles. The fourth-order valence-corrected chi connectivity index (χ4v) is 5.40. The molecule has 1 aliphatic carbocycles. The number of carbonyl (C=O) groups excluding carboxylic acids is 1. The maximum absolute atomic E-state index is 13.4. The van der Waals surface area contributed by atoms with Gasteiger partial charge in [-0.2, -0.15) is 0 Å². The van der Waals surface area contributed by atoms with Crippen LogP contribution >= 0.6 is 0 Å². The molecule has 8 heteroatoms. The highest BCUT2D eigenvalue weighted by atomic mass is 32.2. The Kier molecular flexibility index (Phi) is 5.73. The van der Waals surface area contributed by atoms with Gasteiger partial charge in [0.25, 0.3) is 10.0 Å². The van der Waals surface area contributed by atoms with E-state index in [1.165, 1.54) is 10.2 Å². The van der Waals surface area contributed by atoms with Crippen LogP contribution in [0.2, 0.25) is 0 Å². The van der Waals surface area contributed by atoms with Crippen LogP contribution in [0.3, 0.4) is 0 Å². The zero-order valence-electron chi connectivity index (χ0n) is 17.2. The summed E-state index contributed by atoms with van der Waals surface area (Å²) in [5.41, 5.74) is 8.42. The van der Waals surface area contributed by atoms with E-state index in [9.17, 15) is 13.2 Å². The zero-order chi connectivity index (χ0) is 22.0. The Morgan fingerprint density at radius 2 is 1.94 bits per heavy atom. The number of nitrogens with two attached hydrogens (primary N) is 1. The predicted molar refractivity (Wildman–Crippen MR) is 122 cm³/mol. The highest BCUT2D eigenvalue weighted by Gasteiger charge is 2.25. The second-order valence-electron chi connectivity index (χ2n) is 7.62. The number of hydrogen-bond donors (Lipinski definition) is 1. The van der Waals surface area contributed by atoms with E-state index in [2.05, 4.69) is 9.98 Å². The molecule has 0 spiro atoms. The number of rotatable bonds is 5. The molecule has 0 atom stereocenters. The molecule has 160 valence electrons. The molecule has 0 saturated heterocycles. The fourth-order valence-electron chi connectivity index (χ4n) is 4.05. The molecule has 1 fully saturated rings. The summed E-state index contributed by atoms with van der Waals surface area (Å²) in [7, 11) is -2.22. The van der Waals surface area contributed by atoms with Gasteiger partial charge in [-0.15, -0.1) is 0 Å². The molecular formula is C23H24N4O3S. The summed E-state index contributed by atoms with van der Waals surface area (Å²) in [5, 5.41) is 0.686. The van der Waals surface area contributed by atoms with E-state index in [1.54, 1.807) is 56.0 Å². The normalized spacial score (nSPS) is 16.4. The first-order chi connectivity index (χ1) is 15.0. The van der Waals surface area contributed by atoms with E-state index < -0.39 is 10.0 Å². The van der Waals surface area contributed by atoms with Crippen LogP contribution in [0.5, 0.6) is 0 Å². The summed E-state index contributed by atoms with van der Waals surface area (Å²) >= 11 is 0. The number of nitrogens with zero attached hydrogens (tertiary/aromatic N) is 3. The van der Waals surface area contributed by atoms with Crippen molar-refractivity contribution in [1.82, 2.24) is 8.96 Å². The third kappa shape index (κ3) is 3.90. The lowest BCUT2D eigenvalue weighted by Crippen LogP contribution is -2.14. The molecule has 1 saturated carbocycles. The van der Waals surface area contributed by atoms with Crippen molar-refractivity contribution in [2.24, 2.45) is 10.7 Å². The minimum absolute atomic E-state index is 0.178. The summed E-state index contributed by atoms with van der Waals surface area (Å²) in [6, 6.07) is 10.2. The summed E-state index contributed by atoms with van der Waals surface area (Å²) < 4.78 is 27.9. The Balaban J connectivity index is 1.91. The monoisotopic (exact) mass is 436 g/mol. The molecule has 2 aromatic heterocycles. The zero-order valence-corrected chi connectivity index (χ0v) is 18.0. The van der Waals surface area contributed by atoms with Crippen molar-refractivity contribution in [2.75, 3.05) is 7.05 Å². The van der Waals surface area contributed by atoms with Gasteiger partial charge in [0, 0.05) is 61.2 Å². The van der Waals surface area contributed by atoms with Crippen LogP contribution in [0.15, 0.2) is 64.9 Å². The quantitative estimate of drug-likeness (QED) is 0.616. The molecule has 31 heavy (non-hydrogen) atoms. The van der Waals surface area contributed by atoms with Gasteiger partial charge in [0.2, 0.25) is 0 Å². The van der Waals surface area contributed by atoms with Crippen LogP contribution in [-0.2, 0) is 14.8 Å². The van der Waals surface area contributed by atoms with Crippen LogP contribution in [0, 0.1) is 0 Å². The number of pyridine rings is 1. The predicted octanol–water partition coefficient (Wildman–Crippen LogP) is 3.50. The first-order valence-electron chi connectivity index (χ1n) is 10.1. The summed E-state index contributed by atoms with van der Waals surface area (Å²) in [6.45, 7) is 0. The number of Topliss-reactive ketones (excluding diaryl/α,β-unsaturated/α-hetero) is 1. The van der Waals surface area contributed by atoms with Gasteiger partial charge in [-0.05, 0) is 42.5 Å². The summed E-state index contributed by atoms with van der Waals surface area (Å²) in [4.78, 5) is 20.4. The Morgan fingerprint density at radius 3 is 2.58 bits per heavy atom. The van der Waals surface area contributed by atoms with Gasteiger partial charge in [-0.3, -0.25) is 9.79 Å². The fraction of sp³-hybridized carbons (Fsp3) is 0.261. The lowest BCUT2D eigenvalue weighted by molar-refractivity contribution is -0.120. The molecular weight excluding hydrogens is 412 g/mol. The number of aromatic nitrogens is 2. The van der Waals surface area contributed by atoms with E-state index in [0.717, 1.165) is 18.4 Å². The van der Waals surface area contributed by atoms with Crippen molar-refractivity contribution in [3.63, 3.8) is 0 Å². The third-order valence-electron chi connectivity index (χ3n) is 5.71. The van der Waals surface area contributed by atoms with Crippen LogP contribution in [0.25, 0.3) is 16.6 Å². The topological polar surface area (TPSA) is 107 Å². The number of aliphatic imine (C=N–C) groups is 1. The number of allylic oxidation sites excluding steroid dienone is 1. The first-order valence-corrected chi connectivity index (χ1v) is 11.6. The van der Waals surface area contributed by atoms with E-state index in [-0.39, 0.29) is 10.8 Å². The first kappa shape index (κ1) is 21.0. The molecule has 3 aromatic rings. The molecule has 1 aliphatic rings. The van der Waals surface area contributed by atoms with E-state index in [4.69, 9.17) is 5.73 Å². The van der Waals surface area contributed by atoms with Crippen molar-refractivity contribution in [1.29, 1.82) is 0 Å². The Hall–Kier alpha value is -3.26. The average molecular weight is 437 g/mol. The Morgan fingerprint density at radius 1 is 1.23 bits per heavy atom. The van der Waals surface area contributed by atoms with Gasteiger partial charge >= 0.3 is 0 Å². The van der Waals surface area contributed by atoms with Gasteiger partial charge in [0.05, 0.1) is 4.90 Å². The van der Waals surface area contributed by atoms with Gasteiger partial charge in [-0.1, -0.05) is 18.2 Å². The maximum Gasteiger partial charge on any atom is 0.269 e. The maximum atomic E-state index is 13.4. The van der Waals surface area contributed by atoms with Crippen molar-refractivity contribution >= 4 is 38.6 Å². The van der Waals surface area contributed by atoms with Gasteiger partial charge in [0.1, 0.15) is 5.78 Å². The molecule has 2 N–H and O–H groups in total. The number of carbonyl (C=O) groups is 1. The Bertz CT molecular complexity index is 1280. The van der Waals surface area contributed by atoms with Crippen molar-refractivity contribution in [3.8, 4) is 0 Å². The number of fused-ring (bicyclic) bond motifs is 1. The Labute approximate surface area is 181 Å². The lowest BCUT2D eigenvalue weighted by atomic mass is 9.84. The molecule has 0 bridgehead atoms. The molecule has 0 aliphatic heterocycles. The molecule has 7 nitrogen and oxygen atoms in total. The van der Waals surface area contributed by atoms with Crippen molar-refractivity contribution < 1.29 is 13.2 Å².